The number of likely N-dealkylation sites (tertiary alicyclic amines) is 1. The number of nitrogens with zero attached hydrogens (tertiary/aromatic N) is 2. The molecule has 0 saturated carbocycles. The maximum absolute atomic E-state index is 13.4. The number of hydrogen-bond donors (Lipinski definition) is 1. The molecule has 1 aliphatic rings. The molecular weight excluding hydrogens is 434 g/mol. The van der Waals surface area contributed by atoms with Crippen molar-refractivity contribution in [2.45, 2.75) is 33.2 Å². The SMILES string of the molecule is Cc1cccc(-c2sc(C)nc2C(=O)N2CCC2CNC(=O)c2c(C)oc3ccccc23)c1. The number of nitrogens with one attached hydrogen (secondary N) is 1. The van der Waals surface area contributed by atoms with E-state index in [0.717, 1.165) is 32.8 Å². The molecule has 1 unspecified atom stereocenters. The van der Waals surface area contributed by atoms with E-state index < -0.39 is 0 Å². The minimum Gasteiger partial charge on any atom is -0.461 e. The van der Waals surface area contributed by atoms with E-state index in [0.29, 0.717) is 35.7 Å². The Morgan fingerprint density at radius 2 is 1.97 bits per heavy atom. The van der Waals surface area contributed by atoms with Crippen LogP contribution in [-0.2, 0) is 0 Å². The summed E-state index contributed by atoms with van der Waals surface area (Å²) in [5.74, 6) is 0.337. The van der Waals surface area contributed by atoms with Crippen LogP contribution in [0.4, 0.5) is 0 Å². The summed E-state index contributed by atoms with van der Waals surface area (Å²) < 4.78 is 5.72. The summed E-state index contributed by atoms with van der Waals surface area (Å²) in [5.41, 5.74) is 3.90. The third-order valence-electron chi connectivity index (χ3n) is 6.12. The predicted octanol–water partition coefficient (Wildman–Crippen LogP) is 5.13. The van der Waals surface area contributed by atoms with Gasteiger partial charge in [0.05, 0.1) is 21.5 Å². The van der Waals surface area contributed by atoms with Gasteiger partial charge in [-0.15, -0.1) is 11.3 Å². The van der Waals surface area contributed by atoms with Gasteiger partial charge in [0, 0.05) is 18.5 Å². The first-order valence-electron chi connectivity index (χ1n) is 11.0. The number of benzene rings is 2. The lowest BCUT2D eigenvalue weighted by molar-refractivity contribution is 0.0451. The van der Waals surface area contributed by atoms with Crippen molar-refractivity contribution >= 4 is 34.1 Å². The molecule has 1 N–H and O–H groups in total. The molecule has 2 aromatic carbocycles. The van der Waals surface area contributed by atoms with Gasteiger partial charge in [-0.05, 0) is 38.8 Å². The predicted molar refractivity (Wildman–Crippen MR) is 130 cm³/mol. The highest BCUT2D eigenvalue weighted by Crippen LogP contribution is 2.33. The molecule has 4 aromatic rings. The standard InChI is InChI=1S/C26H25N3O3S/c1-15-7-6-8-18(13-15)24-23(28-17(3)33-24)26(31)29-12-11-19(29)14-27-25(30)22-16(2)32-21-10-5-4-9-20(21)22/h4-10,13,19H,11-12,14H2,1-3H3,(H,27,30). The molecule has 0 aliphatic carbocycles. The molecule has 0 bridgehead atoms. The van der Waals surface area contributed by atoms with Crippen molar-refractivity contribution in [1.29, 1.82) is 0 Å². The van der Waals surface area contributed by atoms with E-state index in [1.54, 1.807) is 6.92 Å². The van der Waals surface area contributed by atoms with Gasteiger partial charge >= 0.3 is 0 Å². The lowest BCUT2D eigenvalue weighted by Crippen LogP contribution is -2.56. The third-order valence-corrected chi connectivity index (χ3v) is 7.14. The Bertz CT molecular complexity index is 1370. The molecule has 1 fully saturated rings. The zero-order valence-corrected chi connectivity index (χ0v) is 19.7. The van der Waals surface area contributed by atoms with E-state index >= 15 is 0 Å². The average molecular weight is 460 g/mol. The highest BCUT2D eigenvalue weighted by molar-refractivity contribution is 7.15. The van der Waals surface area contributed by atoms with Gasteiger partial charge in [-0.1, -0.05) is 48.0 Å². The van der Waals surface area contributed by atoms with Crippen LogP contribution in [0.5, 0.6) is 0 Å². The molecule has 1 saturated heterocycles. The number of carbonyl (C=O) groups is 2. The van der Waals surface area contributed by atoms with Crippen LogP contribution in [-0.4, -0.2) is 40.8 Å². The second-order valence-electron chi connectivity index (χ2n) is 8.46. The maximum atomic E-state index is 13.4. The second-order valence-corrected chi connectivity index (χ2v) is 9.66. The van der Waals surface area contributed by atoms with Crippen molar-refractivity contribution in [3.8, 4) is 10.4 Å². The molecular formula is C26H25N3O3S. The van der Waals surface area contributed by atoms with E-state index in [4.69, 9.17) is 4.42 Å². The summed E-state index contributed by atoms with van der Waals surface area (Å²) in [6, 6.07) is 15.6. The molecule has 2 amide bonds. The zero-order chi connectivity index (χ0) is 23.1. The number of fused-ring (bicyclic) bond motifs is 1. The Kier molecular flexibility index (Phi) is 5.50. The number of furan rings is 1. The molecule has 168 valence electrons. The van der Waals surface area contributed by atoms with Gasteiger partial charge in [0.25, 0.3) is 11.8 Å². The van der Waals surface area contributed by atoms with Crippen molar-refractivity contribution in [2.75, 3.05) is 13.1 Å². The van der Waals surface area contributed by atoms with Crippen LogP contribution >= 0.6 is 11.3 Å². The Labute approximate surface area is 196 Å². The lowest BCUT2D eigenvalue weighted by atomic mass is 10.0. The number of rotatable bonds is 5. The van der Waals surface area contributed by atoms with Gasteiger partial charge in [0.2, 0.25) is 0 Å². The molecule has 3 heterocycles. The lowest BCUT2D eigenvalue weighted by Gasteiger charge is -2.40. The first-order valence-corrected chi connectivity index (χ1v) is 11.9. The van der Waals surface area contributed by atoms with Gasteiger partial charge in [0.1, 0.15) is 17.0 Å². The number of amides is 2. The number of para-hydroxylation sites is 1. The number of thiazole rings is 1. The molecule has 33 heavy (non-hydrogen) atoms. The Morgan fingerprint density at radius 1 is 1.15 bits per heavy atom. The van der Waals surface area contributed by atoms with Gasteiger partial charge < -0.3 is 14.6 Å². The van der Waals surface area contributed by atoms with Gasteiger partial charge in [-0.25, -0.2) is 4.98 Å². The van der Waals surface area contributed by atoms with Crippen molar-refractivity contribution in [3.05, 3.63) is 76.1 Å². The Morgan fingerprint density at radius 3 is 2.73 bits per heavy atom. The monoisotopic (exact) mass is 459 g/mol. The number of carbonyl (C=O) groups excluding carboxylic acids is 2. The van der Waals surface area contributed by atoms with Crippen LogP contribution in [0.15, 0.2) is 52.9 Å². The normalized spacial score (nSPS) is 15.5. The van der Waals surface area contributed by atoms with E-state index in [1.165, 1.54) is 11.3 Å². The van der Waals surface area contributed by atoms with Gasteiger partial charge in [-0.3, -0.25) is 9.59 Å². The van der Waals surface area contributed by atoms with E-state index in [-0.39, 0.29) is 17.9 Å². The largest absolute Gasteiger partial charge is 0.461 e. The quantitative estimate of drug-likeness (QED) is 0.449. The number of hydrogen-bond acceptors (Lipinski definition) is 5. The van der Waals surface area contributed by atoms with Crippen molar-refractivity contribution < 1.29 is 14.0 Å². The van der Waals surface area contributed by atoms with Gasteiger partial charge in [0.15, 0.2) is 0 Å². The maximum Gasteiger partial charge on any atom is 0.274 e. The number of aryl methyl sites for hydroxylation is 3. The highest BCUT2D eigenvalue weighted by Gasteiger charge is 2.35. The average Bonchev–Trinajstić information content (AvgIpc) is 3.32. The van der Waals surface area contributed by atoms with Crippen molar-refractivity contribution in [2.24, 2.45) is 0 Å². The van der Waals surface area contributed by atoms with Crippen LogP contribution in [0, 0.1) is 20.8 Å². The third kappa shape index (κ3) is 3.93. The summed E-state index contributed by atoms with van der Waals surface area (Å²) >= 11 is 1.54. The molecule has 2 aromatic heterocycles. The molecule has 1 atom stereocenters. The van der Waals surface area contributed by atoms with E-state index in [1.807, 2.05) is 61.2 Å². The summed E-state index contributed by atoms with van der Waals surface area (Å²) in [7, 11) is 0. The van der Waals surface area contributed by atoms with E-state index in [2.05, 4.69) is 16.4 Å². The molecule has 0 radical (unpaired) electrons. The van der Waals surface area contributed by atoms with Crippen molar-refractivity contribution in [3.63, 3.8) is 0 Å². The smallest absolute Gasteiger partial charge is 0.274 e. The summed E-state index contributed by atoms with van der Waals surface area (Å²) in [6.45, 7) is 6.82. The fraction of sp³-hybridized carbons (Fsp3) is 0.269. The summed E-state index contributed by atoms with van der Waals surface area (Å²) in [4.78, 5) is 33.6. The minimum atomic E-state index is -0.179. The Balaban J connectivity index is 1.31. The summed E-state index contributed by atoms with van der Waals surface area (Å²) in [5, 5.41) is 4.67. The highest BCUT2D eigenvalue weighted by atomic mass is 32.1. The van der Waals surface area contributed by atoms with Gasteiger partial charge in [-0.2, -0.15) is 0 Å². The molecule has 5 rings (SSSR count). The van der Waals surface area contributed by atoms with Crippen LogP contribution in [0.2, 0.25) is 0 Å². The fourth-order valence-corrected chi connectivity index (χ4v) is 5.27. The second kappa shape index (κ2) is 8.48. The zero-order valence-electron chi connectivity index (χ0n) is 18.8. The molecule has 6 nitrogen and oxygen atoms in total. The Hall–Kier alpha value is -3.45. The molecule has 1 aliphatic heterocycles. The first kappa shape index (κ1) is 21.4. The molecule has 7 heteroatoms. The topological polar surface area (TPSA) is 75.4 Å². The van der Waals surface area contributed by atoms with Crippen LogP contribution in [0.25, 0.3) is 21.4 Å². The van der Waals surface area contributed by atoms with E-state index in [9.17, 15) is 9.59 Å². The van der Waals surface area contributed by atoms with Crippen LogP contribution in [0.1, 0.15) is 43.6 Å². The van der Waals surface area contributed by atoms with Crippen molar-refractivity contribution in [1.82, 2.24) is 15.2 Å². The number of aromatic nitrogens is 1. The first-order chi connectivity index (χ1) is 15.9. The van der Waals surface area contributed by atoms with Crippen LogP contribution in [0.3, 0.4) is 0 Å². The minimum absolute atomic E-state index is 0.0488. The van der Waals surface area contributed by atoms with Crippen LogP contribution < -0.4 is 5.32 Å². The summed E-state index contributed by atoms with van der Waals surface area (Å²) in [6.07, 6.45) is 0.847. The fourth-order valence-electron chi connectivity index (χ4n) is 4.36. The molecule has 0 spiro atoms.